The number of nitrogens with zero attached hydrogens (tertiary/aromatic N) is 1. The molecule has 0 aromatic rings. The number of hydrazine groups is 1. The standard InChI is InChI=1S/C20H34F3N3O3S/c1-30(27,28)24-11-18-17-10-16(29-12-13-2-3-13)8-9-19(17)26(25-18)15-6-4-14(5-7-15)20(21,22)23/h13-19,24-25H,2-12H2,1H3. The minimum Gasteiger partial charge on any atom is -0.378 e. The molecule has 4 rings (SSSR count). The predicted octanol–water partition coefficient (Wildman–Crippen LogP) is 2.81. The van der Waals surface area contributed by atoms with Crippen LogP contribution in [0.1, 0.15) is 57.8 Å². The van der Waals surface area contributed by atoms with Crippen LogP contribution in [0.2, 0.25) is 0 Å². The molecule has 3 saturated carbocycles. The minimum absolute atomic E-state index is 0.0580. The van der Waals surface area contributed by atoms with Crippen LogP contribution < -0.4 is 10.1 Å². The molecular formula is C20H34F3N3O3S. The van der Waals surface area contributed by atoms with Crippen molar-refractivity contribution >= 4 is 10.0 Å². The van der Waals surface area contributed by atoms with Gasteiger partial charge in [0, 0.05) is 31.3 Å². The average molecular weight is 454 g/mol. The molecule has 0 amide bonds. The summed E-state index contributed by atoms with van der Waals surface area (Å²) in [6.45, 7) is 1.11. The number of sulfonamides is 1. The third-order valence-electron chi connectivity index (χ3n) is 7.39. The predicted molar refractivity (Wildman–Crippen MR) is 107 cm³/mol. The van der Waals surface area contributed by atoms with E-state index in [0.717, 1.165) is 32.1 Å². The minimum atomic E-state index is -4.11. The lowest BCUT2D eigenvalue weighted by Crippen LogP contribution is -2.50. The summed E-state index contributed by atoms with van der Waals surface area (Å²) in [6, 6.07) is 0.241. The van der Waals surface area contributed by atoms with Crippen LogP contribution in [0, 0.1) is 17.8 Å². The van der Waals surface area contributed by atoms with E-state index in [0.29, 0.717) is 25.3 Å². The Labute approximate surface area is 177 Å². The Morgan fingerprint density at radius 2 is 1.77 bits per heavy atom. The molecule has 1 saturated heterocycles. The molecule has 10 heteroatoms. The van der Waals surface area contributed by atoms with Crippen LogP contribution in [0.4, 0.5) is 13.2 Å². The smallest absolute Gasteiger partial charge is 0.378 e. The summed E-state index contributed by atoms with van der Waals surface area (Å²) in [5.74, 6) is -0.258. The third kappa shape index (κ3) is 5.68. The zero-order chi connectivity index (χ0) is 21.5. The maximum Gasteiger partial charge on any atom is 0.391 e. The van der Waals surface area contributed by atoms with Gasteiger partial charge in [-0.25, -0.2) is 23.6 Å². The van der Waals surface area contributed by atoms with Crippen molar-refractivity contribution in [3.63, 3.8) is 0 Å². The van der Waals surface area contributed by atoms with Crippen molar-refractivity contribution in [3.8, 4) is 0 Å². The van der Waals surface area contributed by atoms with Crippen molar-refractivity contribution in [2.24, 2.45) is 17.8 Å². The van der Waals surface area contributed by atoms with Gasteiger partial charge in [0.15, 0.2) is 0 Å². The first-order chi connectivity index (χ1) is 14.1. The van der Waals surface area contributed by atoms with E-state index in [1.807, 2.05) is 0 Å². The first-order valence-electron chi connectivity index (χ1n) is 11.3. The average Bonchev–Trinajstić information content (AvgIpc) is 3.43. The molecule has 0 aromatic carbocycles. The van der Waals surface area contributed by atoms with E-state index in [-0.39, 0.29) is 43.0 Å². The second kappa shape index (κ2) is 8.84. The molecule has 2 N–H and O–H groups in total. The van der Waals surface area contributed by atoms with E-state index in [4.69, 9.17) is 4.74 Å². The van der Waals surface area contributed by atoms with E-state index < -0.39 is 22.1 Å². The second-order valence-corrected chi connectivity index (χ2v) is 11.6. The Kier molecular flexibility index (Phi) is 6.71. The van der Waals surface area contributed by atoms with Crippen LogP contribution in [-0.2, 0) is 14.8 Å². The summed E-state index contributed by atoms with van der Waals surface area (Å²) in [5, 5.41) is 2.18. The van der Waals surface area contributed by atoms with Gasteiger partial charge < -0.3 is 4.74 Å². The van der Waals surface area contributed by atoms with Crippen LogP contribution in [0.3, 0.4) is 0 Å². The number of hydrogen-bond acceptors (Lipinski definition) is 5. The van der Waals surface area contributed by atoms with Gasteiger partial charge in [0.2, 0.25) is 10.0 Å². The van der Waals surface area contributed by atoms with Crippen molar-refractivity contribution in [3.05, 3.63) is 0 Å². The van der Waals surface area contributed by atoms with Crippen molar-refractivity contribution < 1.29 is 26.3 Å². The van der Waals surface area contributed by atoms with Gasteiger partial charge >= 0.3 is 6.18 Å². The van der Waals surface area contributed by atoms with Crippen LogP contribution in [0.25, 0.3) is 0 Å². The molecule has 6 nitrogen and oxygen atoms in total. The first kappa shape index (κ1) is 22.8. The van der Waals surface area contributed by atoms with Crippen LogP contribution in [0.15, 0.2) is 0 Å². The number of nitrogens with one attached hydrogen (secondary N) is 2. The van der Waals surface area contributed by atoms with E-state index in [1.54, 1.807) is 0 Å². The maximum atomic E-state index is 13.1. The fourth-order valence-electron chi connectivity index (χ4n) is 5.51. The van der Waals surface area contributed by atoms with Crippen molar-refractivity contribution in [1.82, 2.24) is 15.2 Å². The van der Waals surface area contributed by atoms with E-state index >= 15 is 0 Å². The number of ether oxygens (including phenoxy) is 1. The van der Waals surface area contributed by atoms with Gasteiger partial charge in [0.25, 0.3) is 0 Å². The van der Waals surface area contributed by atoms with Gasteiger partial charge in [0.05, 0.1) is 18.3 Å². The van der Waals surface area contributed by atoms with Gasteiger partial charge in [-0.05, 0) is 69.6 Å². The highest BCUT2D eigenvalue weighted by Crippen LogP contribution is 2.43. The molecule has 30 heavy (non-hydrogen) atoms. The van der Waals surface area contributed by atoms with Gasteiger partial charge in [-0.15, -0.1) is 0 Å². The molecule has 0 aromatic heterocycles. The molecule has 4 aliphatic rings. The molecule has 0 bridgehead atoms. The van der Waals surface area contributed by atoms with Gasteiger partial charge in [-0.1, -0.05) is 0 Å². The monoisotopic (exact) mass is 453 g/mol. The van der Waals surface area contributed by atoms with Crippen LogP contribution >= 0.6 is 0 Å². The molecule has 0 spiro atoms. The molecule has 1 heterocycles. The molecule has 0 radical (unpaired) electrons. The number of rotatable bonds is 7. The summed E-state index contributed by atoms with van der Waals surface area (Å²) in [5.41, 5.74) is 3.50. The Hall–Kier alpha value is -0.420. The lowest BCUT2D eigenvalue weighted by molar-refractivity contribution is -0.185. The normalized spacial score (nSPS) is 38.5. The molecule has 4 atom stereocenters. The quantitative estimate of drug-likeness (QED) is 0.620. The van der Waals surface area contributed by atoms with Gasteiger partial charge in [-0.3, -0.25) is 0 Å². The summed E-state index contributed by atoms with van der Waals surface area (Å²) >= 11 is 0. The Morgan fingerprint density at radius 3 is 2.37 bits per heavy atom. The van der Waals surface area contributed by atoms with Crippen LogP contribution in [-0.4, -0.2) is 63.2 Å². The van der Waals surface area contributed by atoms with Crippen molar-refractivity contribution in [2.45, 2.75) is 88.2 Å². The van der Waals surface area contributed by atoms with Gasteiger partial charge in [0.1, 0.15) is 0 Å². The fourth-order valence-corrected chi connectivity index (χ4v) is 6.00. The Bertz CT molecular complexity index is 693. The molecule has 4 unspecified atom stereocenters. The largest absolute Gasteiger partial charge is 0.391 e. The zero-order valence-electron chi connectivity index (χ0n) is 17.5. The highest BCUT2D eigenvalue weighted by atomic mass is 32.2. The summed E-state index contributed by atoms with van der Waals surface area (Å²) in [4.78, 5) is 0. The molecule has 1 aliphatic heterocycles. The highest BCUT2D eigenvalue weighted by molar-refractivity contribution is 7.88. The summed E-state index contributed by atoms with van der Waals surface area (Å²) in [6.07, 6.45) is 3.87. The number of alkyl halides is 3. The topological polar surface area (TPSA) is 70.7 Å². The number of hydrogen-bond donors (Lipinski definition) is 2. The van der Waals surface area contributed by atoms with Gasteiger partial charge in [-0.2, -0.15) is 13.2 Å². The first-order valence-corrected chi connectivity index (χ1v) is 13.2. The molecule has 174 valence electrons. The number of fused-ring (bicyclic) bond motifs is 1. The molecule has 3 aliphatic carbocycles. The Balaban J connectivity index is 1.39. The zero-order valence-corrected chi connectivity index (χ0v) is 18.4. The second-order valence-electron chi connectivity index (χ2n) is 9.75. The SMILES string of the molecule is CS(=O)(=O)NCC1NN(C2CCC(C(F)(F)F)CC2)C2CCC(OCC3CC3)CC12. The third-order valence-corrected chi connectivity index (χ3v) is 8.08. The van der Waals surface area contributed by atoms with Crippen molar-refractivity contribution in [2.75, 3.05) is 19.4 Å². The van der Waals surface area contributed by atoms with E-state index in [1.165, 1.54) is 12.8 Å². The fraction of sp³-hybridized carbons (Fsp3) is 1.00. The molecule has 4 fully saturated rings. The summed E-state index contributed by atoms with van der Waals surface area (Å²) in [7, 11) is -3.31. The summed E-state index contributed by atoms with van der Waals surface area (Å²) < 4.78 is 71.2. The molecular weight excluding hydrogens is 419 g/mol. The van der Waals surface area contributed by atoms with Crippen LogP contribution in [0.5, 0.6) is 0 Å². The van der Waals surface area contributed by atoms with E-state index in [2.05, 4.69) is 15.2 Å². The maximum absolute atomic E-state index is 13.1. The Morgan fingerprint density at radius 1 is 1.07 bits per heavy atom. The van der Waals surface area contributed by atoms with E-state index in [9.17, 15) is 21.6 Å². The van der Waals surface area contributed by atoms with Crippen molar-refractivity contribution in [1.29, 1.82) is 0 Å². The number of halogens is 3. The lowest BCUT2D eigenvalue weighted by Gasteiger charge is -2.41. The highest BCUT2D eigenvalue weighted by Gasteiger charge is 2.49. The lowest BCUT2D eigenvalue weighted by atomic mass is 9.78.